The highest BCUT2D eigenvalue weighted by molar-refractivity contribution is 5.97. The lowest BCUT2D eigenvalue weighted by molar-refractivity contribution is 0.0925. The van der Waals surface area contributed by atoms with Gasteiger partial charge in [0.15, 0.2) is 0 Å². The number of H-pyrrole nitrogens is 2. The standard InChI is InChI=1S/C21H21N5O.ClH/c27-21(14-8-9-16-19(11-14)23-12-22-16)24-15-5-3-4-13(10-15)20-25-17-6-1-2-7-18(17)26-20;/h1-2,6-9,11-13,15H,3-5,10H2,(H,22,23)(H,24,27)(H,25,26);1H. The minimum atomic E-state index is -0.0262. The first kappa shape index (κ1) is 18.5. The highest BCUT2D eigenvalue weighted by atomic mass is 35.5. The number of imidazole rings is 2. The summed E-state index contributed by atoms with van der Waals surface area (Å²) >= 11 is 0. The Morgan fingerprint density at radius 2 is 1.96 bits per heavy atom. The van der Waals surface area contributed by atoms with Crippen LogP contribution in [0.3, 0.4) is 0 Å². The molecule has 1 saturated carbocycles. The number of nitrogens with one attached hydrogen (secondary N) is 3. The molecule has 144 valence electrons. The van der Waals surface area contributed by atoms with Crippen molar-refractivity contribution in [2.24, 2.45) is 0 Å². The molecule has 0 saturated heterocycles. The summed E-state index contributed by atoms with van der Waals surface area (Å²) in [4.78, 5) is 28.2. The Labute approximate surface area is 168 Å². The number of hydrogen-bond donors (Lipinski definition) is 3. The fourth-order valence-electron chi connectivity index (χ4n) is 4.08. The van der Waals surface area contributed by atoms with Crippen LogP contribution < -0.4 is 5.32 Å². The second-order valence-electron chi connectivity index (χ2n) is 7.31. The highest BCUT2D eigenvalue weighted by Crippen LogP contribution is 2.32. The normalized spacial score (nSPS) is 19.4. The Morgan fingerprint density at radius 3 is 2.86 bits per heavy atom. The van der Waals surface area contributed by atoms with Crippen molar-refractivity contribution >= 4 is 40.4 Å². The quantitative estimate of drug-likeness (QED) is 0.483. The largest absolute Gasteiger partial charge is 0.349 e. The molecule has 2 aromatic heterocycles. The molecule has 3 N–H and O–H groups in total. The smallest absolute Gasteiger partial charge is 0.251 e. The van der Waals surface area contributed by atoms with Crippen molar-refractivity contribution in [2.75, 3.05) is 0 Å². The van der Waals surface area contributed by atoms with Gasteiger partial charge in [0.05, 0.1) is 28.4 Å². The van der Waals surface area contributed by atoms with E-state index in [1.807, 2.05) is 36.4 Å². The zero-order valence-corrected chi connectivity index (χ0v) is 16.1. The first-order chi connectivity index (χ1) is 13.3. The van der Waals surface area contributed by atoms with Crippen LogP contribution in [0.1, 0.15) is 47.8 Å². The molecule has 0 aliphatic heterocycles. The molecule has 1 amide bonds. The third kappa shape index (κ3) is 3.47. The number of fused-ring (bicyclic) bond motifs is 2. The van der Waals surface area contributed by atoms with Crippen molar-refractivity contribution in [3.8, 4) is 0 Å². The molecule has 0 radical (unpaired) electrons. The lowest BCUT2D eigenvalue weighted by Crippen LogP contribution is -2.38. The van der Waals surface area contributed by atoms with Crippen molar-refractivity contribution < 1.29 is 4.79 Å². The number of aromatic amines is 2. The Balaban J connectivity index is 0.00000192. The van der Waals surface area contributed by atoms with Crippen molar-refractivity contribution in [1.82, 2.24) is 25.3 Å². The van der Waals surface area contributed by atoms with Crippen LogP contribution in [0.2, 0.25) is 0 Å². The lowest BCUT2D eigenvalue weighted by atomic mass is 9.85. The summed E-state index contributed by atoms with van der Waals surface area (Å²) in [6.07, 6.45) is 5.76. The van der Waals surface area contributed by atoms with Gasteiger partial charge in [-0.15, -0.1) is 12.4 Å². The number of nitrogens with zero attached hydrogens (tertiary/aromatic N) is 2. The lowest BCUT2D eigenvalue weighted by Gasteiger charge is -2.28. The molecule has 28 heavy (non-hydrogen) atoms. The molecule has 2 aromatic carbocycles. The number of aromatic nitrogens is 4. The van der Waals surface area contributed by atoms with E-state index in [0.717, 1.165) is 53.6 Å². The van der Waals surface area contributed by atoms with E-state index < -0.39 is 0 Å². The van der Waals surface area contributed by atoms with Gasteiger partial charge in [-0.2, -0.15) is 0 Å². The number of hydrogen-bond acceptors (Lipinski definition) is 3. The molecular weight excluding hydrogens is 374 g/mol. The van der Waals surface area contributed by atoms with E-state index in [1.165, 1.54) is 0 Å². The Morgan fingerprint density at radius 1 is 1.07 bits per heavy atom. The van der Waals surface area contributed by atoms with Gasteiger partial charge in [0, 0.05) is 17.5 Å². The minimum absolute atomic E-state index is 0. The predicted octanol–water partition coefficient (Wildman–Crippen LogP) is 4.32. The van der Waals surface area contributed by atoms with Gasteiger partial charge in [0.25, 0.3) is 5.91 Å². The molecule has 2 heterocycles. The summed E-state index contributed by atoms with van der Waals surface area (Å²) in [5.74, 6) is 1.36. The first-order valence-corrected chi connectivity index (χ1v) is 9.45. The van der Waals surface area contributed by atoms with Crippen molar-refractivity contribution in [3.05, 3.63) is 60.2 Å². The zero-order valence-electron chi connectivity index (χ0n) is 15.3. The van der Waals surface area contributed by atoms with Crippen LogP contribution in [0.25, 0.3) is 22.1 Å². The van der Waals surface area contributed by atoms with Crippen molar-refractivity contribution in [2.45, 2.75) is 37.6 Å². The van der Waals surface area contributed by atoms with Gasteiger partial charge in [-0.3, -0.25) is 4.79 Å². The van der Waals surface area contributed by atoms with Crippen LogP contribution in [-0.4, -0.2) is 31.9 Å². The van der Waals surface area contributed by atoms with E-state index >= 15 is 0 Å². The summed E-state index contributed by atoms with van der Waals surface area (Å²) in [5.41, 5.74) is 4.50. The van der Waals surface area contributed by atoms with Crippen LogP contribution in [0, 0.1) is 0 Å². The summed E-state index contributed by atoms with van der Waals surface area (Å²) in [7, 11) is 0. The van der Waals surface area contributed by atoms with E-state index in [0.29, 0.717) is 11.5 Å². The van der Waals surface area contributed by atoms with E-state index in [2.05, 4.69) is 26.3 Å². The van der Waals surface area contributed by atoms with Gasteiger partial charge in [-0.1, -0.05) is 18.6 Å². The number of benzene rings is 2. The molecule has 6 nitrogen and oxygen atoms in total. The van der Waals surface area contributed by atoms with Crippen LogP contribution in [-0.2, 0) is 0 Å². The molecule has 1 aliphatic carbocycles. The number of rotatable bonds is 3. The van der Waals surface area contributed by atoms with E-state index in [4.69, 9.17) is 4.98 Å². The van der Waals surface area contributed by atoms with Crippen LogP contribution >= 0.6 is 12.4 Å². The molecule has 7 heteroatoms. The maximum Gasteiger partial charge on any atom is 0.251 e. The fourth-order valence-corrected chi connectivity index (χ4v) is 4.08. The summed E-state index contributed by atoms with van der Waals surface area (Å²) in [5, 5.41) is 3.21. The summed E-state index contributed by atoms with van der Waals surface area (Å²) in [6, 6.07) is 13.8. The average molecular weight is 396 g/mol. The predicted molar refractivity (Wildman–Crippen MR) is 112 cm³/mol. The number of carbonyl (C=O) groups is 1. The maximum atomic E-state index is 12.7. The number of halogens is 1. The Bertz CT molecular complexity index is 1090. The molecule has 2 unspecified atom stereocenters. The number of carbonyl (C=O) groups excluding carboxylic acids is 1. The molecule has 2 atom stereocenters. The van der Waals surface area contributed by atoms with Gasteiger partial charge in [0.2, 0.25) is 0 Å². The maximum absolute atomic E-state index is 12.7. The topological polar surface area (TPSA) is 86.5 Å². The van der Waals surface area contributed by atoms with Gasteiger partial charge in [0.1, 0.15) is 5.82 Å². The molecule has 4 aromatic rings. The van der Waals surface area contributed by atoms with Crippen LogP contribution in [0.5, 0.6) is 0 Å². The highest BCUT2D eigenvalue weighted by Gasteiger charge is 2.26. The average Bonchev–Trinajstić information content (AvgIpc) is 3.34. The number of amides is 1. The number of para-hydroxylation sites is 2. The molecule has 5 rings (SSSR count). The Hall–Kier alpha value is -2.86. The molecule has 0 spiro atoms. The van der Waals surface area contributed by atoms with Crippen molar-refractivity contribution in [1.29, 1.82) is 0 Å². The van der Waals surface area contributed by atoms with Gasteiger partial charge in [-0.25, -0.2) is 9.97 Å². The van der Waals surface area contributed by atoms with Crippen LogP contribution in [0.15, 0.2) is 48.8 Å². The molecular formula is C21H22ClN5O. The van der Waals surface area contributed by atoms with Crippen molar-refractivity contribution in [3.63, 3.8) is 0 Å². The van der Waals surface area contributed by atoms with Gasteiger partial charge < -0.3 is 15.3 Å². The first-order valence-electron chi connectivity index (χ1n) is 9.45. The van der Waals surface area contributed by atoms with E-state index in [-0.39, 0.29) is 24.4 Å². The fraction of sp³-hybridized carbons (Fsp3) is 0.286. The van der Waals surface area contributed by atoms with E-state index in [1.54, 1.807) is 6.33 Å². The second-order valence-corrected chi connectivity index (χ2v) is 7.31. The zero-order chi connectivity index (χ0) is 18.2. The summed E-state index contributed by atoms with van der Waals surface area (Å²) < 4.78 is 0. The minimum Gasteiger partial charge on any atom is -0.349 e. The third-order valence-electron chi connectivity index (χ3n) is 5.49. The van der Waals surface area contributed by atoms with Crippen LogP contribution in [0.4, 0.5) is 0 Å². The SMILES string of the molecule is Cl.O=C(NC1CCCC(c2nc3ccccc3[nH]2)C1)c1ccc2nc[nH]c2c1. The molecule has 0 bridgehead atoms. The summed E-state index contributed by atoms with van der Waals surface area (Å²) in [6.45, 7) is 0. The molecule has 1 fully saturated rings. The van der Waals surface area contributed by atoms with Gasteiger partial charge in [-0.05, 0) is 49.6 Å². The van der Waals surface area contributed by atoms with E-state index in [9.17, 15) is 4.79 Å². The second kappa shape index (κ2) is 7.64. The molecule has 1 aliphatic rings. The third-order valence-corrected chi connectivity index (χ3v) is 5.49. The Kier molecular flexibility index (Phi) is 5.05. The van der Waals surface area contributed by atoms with Gasteiger partial charge >= 0.3 is 0 Å². The monoisotopic (exact) mass is 395 g/mol.